The molecule has 0 aromatic heterocycles. The number of rotatable bonds is 16. The molecule has 0 spiro atoms. The second-order valence-corrected chi connectivity index (χ2v) is 7.06. The Hall–Kier alpha value is -0.840. The summed E-state index contributed by atoms with van der Waals surface area (Å²) in [6.45, 7) is 7.05. The summed E-state index contributed by atoms with van der Waals surface area (Å²) >= 11 is 0. The summed E-state index contributed by atoms with van der Waals surface area (Å²) in [4.78, 5) is 5.49. The molecule has 4 heteroatoms. The third kappa shape index (κ3) is 19.7. The zero-order valence-corrected chi connectivity index (χ0v) is 18.3. The van der Waals surface area contributed by atoms with E-state index in [9.17, 15) is 0 Å². The van der Waals surface area contributed by atoms with Gasteiger partial charge in [-0.15, -0.1) is 0 Å². The van der Waals surface area contributed by atoms with E-state index in [4.69, 9.17) is 14.7 Å². The van der Waals surface area contributed by atoms with Gasteiger partial charge in [-0.3, -0.25) is 4.84 Å². The molecule has 0 fully saturated rings. The lowest BCUT2D eigenvalue weighted by atomic mass is 10.1. The summed E-state index contributed by atoms with van der Waals surface area (Å²) in [5, 5.41) is 10.5. The highest BCUT2D eigenvalue weighted by atomic mass is 16.7. The molecule has 4 nitrogen and oxygen atoms in total. The molecule has 0 saturated heterocycles. The molecular formula is C23H45NO3. The van der Waals surface area contributed by atoms with Crippen LogP contribution in [0.25, 0.3) is 0 Å². The standard InChI is InChI=1S/C15H33NO2.C8H12O/c1-3-16(2)18-15-13-11-9-7-5-4-6-8-10-12-14-17;1-2-9-8-6-4-3-5-7-8/h17H,3-15H2,1-2H3;4,6-7H,2-3,5H2,1H3. The summed E-state index contributed by atoms with van der Waals surface area (Å²) in [6.07, 6.45) is 21.3. The molecule has 0 aliphatic heterocycles. The number of nitrogens with zero attached hydrogens (tertiary/aromatic N) is 1. The highest BCUT2D eigenvalue weighted by molar-refractivity contribution is 5.15. The molecule has 0 aromatic carbocycles. The van der Waals surface area contributed by atoms with E-state index in [1.54, 1.807) is 0 Å². The van der Waals surface area contributed by atoms with Gasteiger partial charge in [0.2, 0.25) is 0 Å². The number of aliphatic hydroxyl groups is 1. The monoisotopic (exact) mass is 383 g/mol. The van der Waals surface area contributed by atoms with Crippen LogP contribution in [-0.2, 0) is 9.57 Å². The van der Waals surface area contributed by atoms with Crippen LogP contribution >= 0.6 is 0 Å². The van der Waals surface area contributed by atoms with Gasteiger partial charge in [-0.25, -0.2) is 0 Å². The Labute approximate surface area is 168 Å². The van der Waals surface area contributed by atoms with Crippen molar-refractivity contribution in [3.05, 3.63) is 24.0 Å². The van der Waals surface area contributed by atoms with E-state index in [1.165, 1.54) is 57.8 Å². The highest BCUT2D eigenvalue weighted by Crippen LogP contribution is 2.11. The van der Waals surface area contributed by atoms with Crippen LogP contribution in [0.5, 0.6) is 0 Å². The van der Waals surface area contributed by atoms with Crippen LogP contribution in [0, 0.1) is 0 Å². The van der Waals surface area contributed by atoms with Crippen LogP contribution in [0.2, 0.25) is 0 Å². The topological polar surface area (TPSA) is 41.9 Å². The fraction of sp³-hybridized carbons (Fsp3) is 0.826. The maximum atomic E-state index is 8.65. The molecule has 0 heterocycles. The molecule has 1 rings (SSSR count). The number of hydroxylamine groups is 2. The van der Waals surface area contributed by atoms with Gasteiger partial charge >= 0.3 is 0 Å². The number of unbranched alkanes of at least 4 members (excludes halogenated alkanes) is 9. The quantitative estimate of drug-likeness (QED) is 0.261. The van der Waals surface area contributed by atoms with Crippen molar-refractivity contribution in [2.75, 3.05) is 33.4 Å². The van der Waals surface area contributed by atoms with Crippen molar-refractivity contribution >= 4 is 0 Å². The summed E-state index contributed by atoms with van der Waals surface area (Å²) < 4.78 is 5.26. The van der Waals surface area contributed by atoms with E-state index < -0.39 is 0 Å². The Morgan fingerprint density at radius 1 is 0.889 bits per heavy atom. The Kier molecular flexibility index (Phi) is 20.8. The van der Waals surface area contributed by atoms with E-state index in [-0.39, 0.29) is 0 Å². The lowest BCUT2D eigenvalue weighted by molar-refractivity contribution is -0.137. The average molecular weight is 384 g/mol. The highest BCUT2D eigenvalue weighted by Gasteiger charge is 1.96. The smallest absolute Gasteiger partial charge is 0.114 e. The van der Waals surface area contributed by atoms with Crippen molar-refractivity contribution in [1.29, 1.82) is 0 Å². The van der Waals surface area contributed by atoms with Crippen LogP contribution in [-0.4, -0.2) is 43.6 Å². The molecular weight excluding hydrogens is 338 g/mol. The zero-order chi connectivity index (χ0) is 20.0. The molecule has 0 amide bonds. The summed E-state index contributed by atoms with van der Waals surface area (Å²) in [5.74, 6) is 1.03. The van der Waals surface area contributed by atoms with E-state index in [0.717, 1.165) is 44.8 Å². The molecule has 1 aliphatic rings. The third-order valence-electron chi connectivity index (χ3n) is 4.58. The second kappa shape index (κ2) is 21.5. The maximum absolute atomic E-state index is 8.65. The van der Waals surface area contributed by atoms with Crippen molar-refractivity contribution in [3.63, 3.8) is 0 Å². The number of allylic oxidation sites excluding steroid dienone is 3. The lowest BCUT2D eigenvalue weighted by Gasteiger charge is -2.13. The van der Waals surface area contributed by atoms with Gasteiger partial charge in [-0.2, -0.15) is 5.06 Å². The molecule has 0 radical (unpaired) electrons. The largest absolute Gasteiger partial charge is 0.494 e. The first-order valence-corrected chi connectivity index (χ1v) is 11.2. The van der Waals surface area contributed by atoms with Crippen LogP contribution in [0.4, 0.5) is 0 Å². The van der Waals surface area contributed by atoms with Gasteiger partial charge in [0.25, 0.3) is 0 Å². The Bertz CT molecular complexity index is 356. The molecule has 0 unspecified atom stereocenters. The van der Waals surface area contributed by atoms with Crippen molar-refractivity contribution in [2.45, 2.75) is 90.9 Å². The fourth-order valence-electron chi connectivity index (χ4n) is 2.80. The molecule has 1 aliphatic carbocycles. The number of hydrogen-bond donors (Lipinski definition) is 1. The molecule has 1 N–H and O–H groups in total. The first kappa shape index (κ1) is 26.2. The van der Waals surface area contributed by atoms with Crippen LogP contribution < -0.4 is 0 Å². The zero-order valence-electron chi connectivity index (χ0n) is 18.3. The number of hydrogen-bond acceptors (Lipinski definition) is 4. The summed E-state index contributed by atoms with van der Waals surface area (Å²) in [7, 11) is 1.98. The van der Waals surface area contributed by atoms with Crippen LogP contribution in [0.3, 0.4) is 0 Å². The third-order valence-corrected chi connectivity index (χ3v) is 4.58. The lowest BCUT2D eigenvalue weighted by Crippen LogP contribution is -2.18. The average Bonchev–Trinajstić information content (AvgIpc) is 2.70. The normalized spacial score (nSPS) is 13.3. The van der Waals surface area contributed by atoms with E-state index in [2.05, 4.69) is 19.1 Å². The fourth-order valence-corrected chi connectivity index (χ4v) is 2.80. The maximum Gasteiger partial charge on any atom is 0.114 e. The first-order chi connectivity index (χ1) is 13.2. The van der Waals surface area contributed by atoms with E-state index in [0.29, 0.717) is 6.61 Å². The second-order valence-electron chi connectivity index (χ2n) is 7.06. The van der Waals surface area contributed by atoms with Gasteiger partial charge in [0.15, 0.2) is 0 Å². The summed E-state index contributed by atoms with van der Waals surface area (Å²) in [6, 6.07) is 0. The van der Waals surface area contributed by atoms with Gasteiger partial charge in [-0.05, 0) is 44.8 Å². The SMILES string of the molecule is CCN(C)OCCCCCCCCCCCCO.CCOC1=CCCC=C1. The van der Waals surface area contributed by atoms with Crippen LogP contribution in [0.1, 0.15) is 90.9 Å². The van der Waals surface area contributed by atoms with E-state index in [1.807, 2.05) is 25.1 Å². The Morgan fingerprint density at radius 3 is 1.96 bits per heavy atom. The number of aliphatic hydroxyl groups excluding tert-OH is 1. The predicted octanol–water partition coefficient (Wildman–Crippen LogP) is 6.02. The van der Waals surface area contributed by atoms with Gasteiger partial charge in [0.1, 0.15) is 5.76 Å². The van der Waals surface area contributed by atoms with Crippen molar-refractivity contribution in [2.24, 2.45) is 0 Å². The molecule has 0 bridgehead atoms. The summed E-state index contributed by atoms with van der Waals surface area (Å²) in [5.41, 5.74) is 0. The predicted molar refractivity (Wildman–Crippen MR) is 116 cm³/mol. The minimum atomic E-state index is 0.356. The molecule has 0 saturated carbocycles. The molecule has 0 atom stereocenters. The first-order valence-electron chi connectivity index (χ1n) is 11.2. The Balaban J connectivity index is 0.000000621. The van der Waals surface area contributed by atoms with Gasteiger partial charge in [0, 0.05) is 20.2 Å². The van der Waals surface area contributed by atoms with Crippen molar-refractivity contribution in [3.8, 4) is 0 Å². The number of ether oxygens (including phenoxy) is 1. The van der Waals surface area contributed by atoms with Crippen LogP contribution in [0.15, 0.2) is 24.0 Å². The van der Waals surface area contributed by atoms with Crippen molar-refractivity contribution in [1.82, 2.24) is 5.06 Å². The molecule has 27 heavy (non-hydrogen) atoms. The van der Waals surface area contributed by atoms with E-state index >= 15 is 0 Å². The van der Waals surface area contributed by atoms with Gasteiger partial charge in [-0.1, -0.05) is 64.4 Å². The Morgan fingerprint density at radius 2 is 1.48 bits per heavy atom. The van der Waals surface area contributed by atoms with Crippen molar-refractivity contribution < 1.29 is 14.7 Å². The minimum absolute atomic E-state index is 0.356. The molecule has 0 aromatic rings. The van der Waals surface area contributed by atoms with Gasteiger partial charge in [0.05, 0.1) is 13.2 Å². The molecule has 160 valence electrons. The van der Waals surface area contributed by atoms with Gasteiger partial charge < -0.3 is 9.84 Å². The minimum Gasteiger partial charge on any atom is -0.494 e.